The summed E-state index contributed by atoms with van der Waals surface area (Å²) in [4.78, 5) is 28.6. The summed E-state index contributed by atoms with van der Waals surface area (Å²) in [6.07, 6.45) is 2.21. The minimum atomic E-state index is -0.193. The van der Waals surface area contributed by atoms with Crippen molar-refractivity contribution in [2.24, 2.45) is 5.92 Å². The lowest BCUT2D eigenvalue weighted by atomic mass is 9.98. The van der Waals surface area contributed by atoms with E-state index in [0.29, 0.717) is 24.3 Å². The Balaban J connectivity index is 2.29. The quantitative estimate of drug-likeness (QED) is 0.713. The maximum absolute atomic E-state index is 11.7. The van der Waals surface area contributed by atoms with E-state index in [-0.39, 0.29) is 17.7 Å². The second-order valence-electron chi connectivity index (χ2n) is 4.09. The molecule has 1 aliphatic heterocycles. The van der Waals surface area contributed by atoms with Gasteiger partial charge in [-0.05, 0) is 18.1 Å². The highest BCUT2D eigenvalue weighted by Gasteiger charge is 2.32. The highest BCUT2D eigenvalue weighted by Crippen LogP contribution is 2.23. The van der Waals surface area contributed by atoms with Gasteiger partial charge in [-0.25, -0.2) is 9.88 Å². The molecule has 2 heterocycles. The van der Waals surface area contributed by atoms with E-state index in [4.69, 9.17) is 5.73 Å². The Morgan fingerprint density at radius 1 is 1.31 bits per heavy atom. The van der Waals surface area contributed by atoms with Crippen molar-refractivity contribution in [3.05, 3.63) is 18.3 Å². The van der Waals surface area contributed by atoms with E-state index in [0.717, 1.165) is 4.90 Å². The number of nitrogen functional groups attached to an aromatic ring is 1. The van der Waals surface area contributed by atoms with Gasteiger partial charge in [-0.2, -0.15) is 0 Å². The number of amides is 2. The van der Waals surface area contributed by atoms with Gasteiger partial charge in [0.25, 0.3) is 0 Å². The molecule has 1 aromatic heterocycles. The number of nitrogens with zero attached hydrogens (tertiary/aromatic N) is 2. The smallest absolute Gasteiger partial charge is 0.235 e. The fraction of sp³-hybridized carbons (Fsp3) is 0.364. The zero-order chi connectivity index (χ0) is 11.7. The number of pyridine rings is 1. The third-order valence-corrected chi connectivity index (χ3v) is 2.54. The minimum Gasteiger partial charge on any atom is -0.397 e. The molecule has 0 unspecified atom stereocenters. The molecule has 0 radical (unpaired) electrons. The number of carbonyl (C=O) groups is 2. The lowest BCUT2D eigenvalue weighted by Gasteiger charge is -2.27. The standard InChI is InChI=1S/C11H13N3O2/c1-7-4-10(15)14(11(16)5-7)9-3-2-8(12)6-13-9/h2-3,6-7H,4-5,12H2,1H3. The Labute approximate surface area is 93.3 Å². The predicted octanol–water partition coefficient (Wildman–Crippen LogP) is 0.953. The zero-order valence-electron chi connectivity index (χ0n) is 9.01. The van der Waals surface area contributed by atoms with Crippen molar-refractivity contribution >= 4 is 23.3 Å². The molecule has 0 aromatic carbocycles. The van der Waals surface area contributed by atoms with Gasteiger partial charge in [-0.15, -0.1) is 0 Å². The van der Waals surface area contributed by atoms with E-state index in [1.165, 1.54) is 6.20 Å². The summed E-state index contributed by atoms with van der Waals surface area (Å²) in [5.41, 5.74) is 6.01. The fourth-order valence-electron chi connectivity index (χ4n) is 1.78. The molecule has 0 aliphatic carbocycles. The molecular formula is C11H13N3O2. The average molecular weight is 219 g/mol. The first kappa shape index (κ1) is 10.6. The molecule has 2 N–H and O–H groups in total. The number of rotatable bonds is 1. The number of carbonyl (C=O) groups excluding carboxylic acids is 2. The van der Waals surface area contributed by atoms with Gasteiger partial charge in [-0.1, -0.05) is 6.92 Å². The normalized spacial score (nSPS) is 17.9. The minimum absolute atomic E-state index is 0.116. The predicted molar refractivity (Wildman–Crippen MR) is 59.5 cm³/mol. The Morgan fingerprint density at radius 3 is 2.44 bits per heavy atom. The van der Waals surface area contributed by atoms with Crippen molar-refractivity contribution in [1.29, 1.82) is 0 Å². The van der Waals surface area contributed by atoms with Crippen LogP contribution in [-0.2, 0) is 9.59 Å². The lowest BCUT2D eigenvalue weighted by Crippen LogP contribution is -2.43. The summed E-state index contributed by atoms with van der Waals surface area (Å²) in [5, 5.41) is 0. The lowest BCUT2D eigenvalue weighted by molar-refractivity contribution is -0.130. The highest BCUT2D eigenvalue weighted by molar-refractivity contribution is 6.15. The van der Waals surface area contributed by atoms with Gasteiger partial charge in [0.2, 0.25) is 11.8 Å². The van der Waals surface area contributed by atoms with Gasteiger partial charge >= 0.3 is 0 Å². The third-order valence-electron chi connectivity index (χ3n) is 2.54. The average Bonchev–Trinajstić information content (AvgIpc) is 2.19. The van der Waals surface area contributed by atoms with E-state index >= 15 is 0 Å². The van der Waals surface area contributed by atoms with Crippen LogP contribution in [-0.4, -0.2) is 16.8 Å². The summed E-state index contributed by atoms with van der Waals surface area (Å²) in [5.74, 6) is 0.0863. The summed E-state index contributed by atoms with van der Waals surface area (Å²) in [6.45, 7) is 1.89. The molecular weight excluding hydrogens is 206 g/mol. The fourth-order valence-corrected chi connectivity index (χ4v) is 1.78. The first-order valence-electron chi connectivity index (χ1n) is 5.15. The van der Waals surface area contributed by atoms with Crippen molar-refractivity contribution in [1.82, 2.24) is 4.98 Å². The first-order valence-corrected chi connectivity index (χ1v) is 5.15. The van der Waals surface area contributed by atoms with Crippen LogP contribution in [0.25, 0.3) is 0 Å². The van der Waals surface area contributed by atoms with Crippen LogP contribution in [0.2, 0.25) is 0 Å². The molecule has 16 heavy (non-hydrogen) atoms. The molecule has 1 saturated heterocycles. The Kier molecular flexibility index (Phi) is 2.60. The Bertz CT molecular complexity index is 409. The summed E-state index contributed by atoms with van der Waals surface area (Å²) >= 11 is 0. The highest BCUT2D eigenvalue weighted by atomic mass is 16.2. The first-order chi connectivity index (χ1) is 7.58. The third kappa shape index (κ3) is 1.88. The molecule has 0 atom stereocenters. The number of hydrogen-bond donors (Lipinski definition) is 1. The Morgan fingerprint density at radius 2 is 1.94 bits per heavy atom. The number of piperidine rings is 1. The molecule has 1 aromatic rings. The maximum atomic E-state index is 11.7. The van der Waals surface area contributed by atoms with Crippen LogP contribution >= 0.6 is 0 Å². The van der Waals surface area contributed by atoms with Crippen LogP contribution in [0.3, 0.4) is 0 Å². The maximum Gasteiger partial charge on any atom is 0.235 e. The molecule has 1 fully saturated rings. The molecule has 1 aliphatic rings. The topological polar surface area (TPSA) is 76.3 Å². The van der Waals surface area contributed by atoms with Crippen LogP contribution in [0.4, 0.5) is 11.5 Å². The second kappa shape index (κ2) is 3.92. The number of hydrogen-bond acceptors (Lipinski definition) is 4. The van der Waals surface area contributed by atoms with Crippen molar-refractivity contribution in [3.63, 3.8) is 0 Å². The zero-order valence-corrected chi connectivity index (χ0v) is 9.01. The number of nitrogens with two attached hydrogens (primary N) is 1. The molecule has 0 spiro atoms. The molecule has 0 bridgehead atoms. The van der Waals surface area contributed by atoms with Crippen molar-refractivity contribution in [2.45, 2.75) is 19.8 Å². The SMILES string of the molecule is CC1CC(=O)N(c2ccc(N)cn2)C(=O)C1. The van der Waals surface area contributed by atoms with Crippen molar-refractivity contribution in [3.8, 4) is 0 Å². The van der Waals surface area contributed by atoms with E-state index in [9.17, 15) is 9.59 Å². The number of imide groups is 1. The van der Waals surface area contributed by atoms with Crippen LogP contribution in [0, 0.1) is 5.92 Å². The summed E-state index contributed by atoms with van der Waals surface area (Å²) in [6, 6.07) is 3.21. The largest absolute Gasteiger partial charge is 0.397 e. The van der Waals surface area contributed by atoms with Gasteiger partial charge in [0.05, 0.1) is 11.9 Å². The number of aromatic nitrogens is 1. The van der Waals surface area contributed by atoms with Gasteiger partial charge in [0.15, 0.2) is 0 Å². The molecule has 2 amide bonds. The van der Waals surface area contributed by atoms with E-state index in [2.05, 4.69) is 4.98 Å². The summed E-state index contributed by atoms with van der Waals surface area (Å²) < 4.78 is 0. The summed E-state index contributed by atoms with van der Waals surface area (Å²) in [7, 11) is 0. The monoisotopic (exact) mass is 219 g/mol. The van der Waals surface area contributed by atoms with Crippen LogP contribution < -0.4 is 10.6 Å². The molecule has 5 heteroatoms. The number of anilines is 2. The van der Waals surface area contributed by atoms with Gasteiger partial charge < -0.3 is 5.73 Å². The van der Waals surface area contributed by atoms with Crippen molar-refractivity contribution in [2.75, 3.05) is 10.6 Å². The van der Waals surface area contributed by atoms with Crippen LogP contribution in [0.5, 0.6) is 0 Å². The van der Waals surface area contributed by atoms with E-state index in [1.807, 2.05) is 6.92 Å². The second-order valence-corrected chi connectivity index (χ2v) is 4.09. The van der Waals surface area contributed by atoms with Gasteiger partial charge in [0, 0.05) is 12.8 Å². The van der Waals surface area contributed by atoms with Gasteiger partial charge in [-0.3, -0.25) is 9.59 Å². The van der Waals surface area contributed by atoms with E-state index in [1.54, 1.807) is 12.1 Å². The van der Waals surface area contributed by atoms with Gasteiger partial charge in [0.1, 0.15) is 5.82 Å². The molecule has 0 saturated carbocycles. The molecule has 2 rings (SSSR count). The molecule has 5 nitrogen and oxygen atoms in total. The Hall–Kier alpha value is -1.91. The van der Waals surface area contributed by atoms with E-state index < -0.39 is 0 Å². The van der Waals surface area contributed by atoms with Crippen LogP contribution in [0.1, 0.15) is 19.8 Å². The van der Waals surface area contributed by atoms with Crippen molar-refractivity contribution < 1.29 is 9.59 Å². The molecule has 84 valence electrons. The van der Waals surface area contributed by atoms with Crippen LogP contribution in [0.15, 0.2) is 18.3 Å².